The van der Waals surface area contributed by atoms with Crippen molar-refractivity contribution in [2.45, 2.75) is 33.0 Å². The predicted octanol–water partition coefficient (Wildman–Crippen LogP) is 0.716. The van der Waals surface area contributed by atoms with Gasteiger partial charge in [-0.05, 0) is 20.9 Å². The molecule has 0 saturated carbocycles. The van der Waals surface area contributed by atoms with E-state index < -0.39 is 0 Å². The summed E-state index contributed by atoms with van der Waals surface area (Å²) in [4.78, 5) is 6.19. The zero-order chi connectivity index (χ0) is 10.6. The third-order valence-electron chi connectivity index (χ3n) is 2.15. The molecule has 4 nitrogen and oxygen atoms in total. The number of aryl methyl sites for hydroxylation is 1. The fourth-order valence-electron chi connectivity index (χ4n) is 1.56. The number of aromatic nitrogens is 2. The average Bonchev–Trinajstić information content (AvgIpc) is 2.50. The van der Waals surface area contributed by atoms with Gasteiger partial charge in [0.25, 0.3) is 0 Å². The van der Waals surface area contributed by atoms with Gasteiger partial charge in [-0.1, -0.05) is 0 Å². The van der Waals surface area contributed by atoms with Crippen LogP contribution in [-0.4, -0.2) is 39.3 Å². The molecule has 1 aromatic rings. The van der Waals surface area contributed by atoms with Crippen LogP contribution >= 0.6 is 0 Å². The standard InChI is InChI=1S/C10H19N3O/c1-4-13-8-11-5-10(13)7-12(3)6-9(2)14/h5,8-9,14H,4,6-7H2,1-3H3. The monoisotopic (exact) mass is 197 g/mol. The molecule has 1 rings (SSSR count). The average molecular weight is 197 g/mol. The number of nitrogens with zero attached hydrogens (tertiary/aromatic N) is 3. The number of rotatable bonds is 5. The van der Waals surface area contributed by atoms with Crippen molar-refractivity contribution in [3.8, 4) is 0 Å². The van der Waals surface area contributed by atoms with Crippen molar-refractivity contribution in [1.82, 2.24) is 14.5 Å². The van der Waals surface area contributed by atoms with Crippen LogP contribution in [0, 0.1) is 0 Å². The fourth-order valence-corrected chi connectivity index (χ4v) is 1.56. The minimum Gasteiger partial charge on any atom is -0.392 e. The Balaban J connectivity index is 2.51. The smallest absolute Gasteiger partial charge is 0.0948 e. The second-order valence-electron chi connectivity index (χ2n) is 3.72. The molecule has 1 unspecified atom stereocenters. The van der Waals surface area contributed by atoms with Crippen molar-refractivity contribution >= 4 is 0 Å². The molecule has 0 radical (unpaired) electrons. The number of hydrogen-bond donors (Lipinski definition) is 1. The van der Waals surface area contributed by atoms with E-state index in [1.54, 1.807) is 6.92 Å². The van der Waals surface area contributed by atoms with Gasteiger partial charge < -0.3 is 9.67 Å². The Labute approximate surface area is 85.2 Å². The second-order valence-corrected chi connectivity index (χ2v) is 3.72. The van der Waals surface area contributed by atoms with Crippen LogP contribution in [0.5, 0.6) is 0 Å². The fraction of sp³-hybridized carbons (Fsp3) is 0.700. The first-order valence-corrected chi connectivity index (χ1v) is 4.99. The highest BCUT2D eigenvalue weighted by molar-refractivity contribution is 4.97. The molecule has 80 valence electrons. The molecule has 0 aliphatic heterocycles. The van der Waals surface area contributed by atoms with Gasteiger partial charge >= 0.3 is 0 Å². The van der Waals surface area contributed by atoms with E-state index in [9.17, 15) is 5.11 Å². The minimum absolute atomic E-state index is 0.280. The lowest BCUT2D eigenvalue weighted by molar-refractivity contribution is 0.137. The van der Waals surface area contributed by atoms with Gasteiger partial charge in [0, 0.05) is 25.8 Å². The van der Waals surface area contributed by atoms with Gasteiger partial charge in [0.2, 0.25) is 0 Å². The number of hydrogen-bond acceptors (Lipinski definition) is 3. The van der Waals surface area contributed by atoms with Crippen molar-refractivity contribution in [3.05, 3.63) is 18.2 Å². The molecular formula is C10H19N3O. The minimum atomic E-state index is -0.280. The molecule has 1 atom stereocenters. The van der Waals surface area contributed by atoms with Gasteiger partial charge in [0.1, 0.15) is 0 Å². The lowest BCUT2D eigenvalue weighted by Crippen LogP contribution is -2.27. The number of imidazole rings is 1. The molecule has 0 fully saturated rings. The number of aliphatic hydroxyl groups excluding tert-OH is 1. The third kappa shape index (κ3) is 3.12. The van der Waals surface area contributed by atoms with E-state index in [0.29, 0.717) is 6.54 Å². The number of aliphatic hydroxyl groups is 1. The second kappa shape index (κ2) is 5.12. The molecule has 0 saturated heterocycles. The van der Waals surface area contributed by atoms with Gasteiger partial charge in [-0.15, -0.1) is 0 Å². The topological polar surface area (TPSA) is 41.3 Å². The van der Waals surface area contributed by atoms with Crippen molar-refractivity contribution in [1.29, 1.82) is 0 Å². The Morgan fingerprint density at radius 2 is 2.36 bits per heavy atom. The van der Waals surface area contributed by atoms with E-state index in [1.165, 1.54) is 5.69 Å². The van der Waals surface area contributed by atoms with Crippen LogP contribution in [-0.2, 0) is 13.1 Å². The highest BCUT2D eigenvalue weighted by atomic mass is 16.3. The Morgan fingerprint density at radius 1 is 1.64 bits per heavy atom. The van der Waals surface area contributed by atoms with E-state index >= 15 is 0 Å². The Kier molecular flexibility index (Phi) is 4.10. The van der Waals surface area contributed by atoms with Crippen LogP contribution in [0.15, 0.2) is 12.5 Å². The van der Waals surface area contributed by atoms with Gasteiger partial charge in [-0.25, -0.2) is 4.98 Å². The van der Waals surface area contributed by atoms with Gasteiger partial charge in [-0.2, -0.15) is 0 Å². The maximum atomic E-state index is 9.21. The molecular weight excluding hydrogens is 178 g/mol. The van der Waals surface area contributed by atoms with Crippen molar-refractivity contribution in [2.75, 3.05) is 13.6 Å². The molecule has 14 heavy (non-hydrogen) atoms. The SMILES string of the molecule is CCn1cncc1CN(C)CC(C)O. The van der Waals surface area contributed by atoms with Crippen molar-refractivity contribution in [2.24, 2.45) is 0 Å². The quantitative estimate of drug-likeness (QED) is 0.756. The van der Waals surface area contributed by atoms with Crippen LogP contribution in [0.2, 0.25) is 0 Å². The highest BCUT2D eigenvalue weighted by Crippen LogP contribution is 2.03. The summed E-state index contributed by atoms with van der Waals surface area (Å²) in [7, 11) is 2.00. The Bertz CT molecular complexity index is 270. The summed E-state index contributed by atoms with van der Waals surface area (Å²) in [6.07, 6.45) is 3.44. The predicted molar refractivity (Wildman–Crippen MR) is 55.9 cm³/mol. The molecule has 0 bridgehead atoms. The summed E-state index contributed by atoms with van der Waals surface area (Å²) in [5, 5.41) is 9.21. The van der Waals surface area contributed by atoms with E-state index in [1.807, 2.05) is 19.6 Å². The summed E-state index contributed by atoms with van der Waals surface area (Å²) >= 11 is 0. The first-order chi connectivity index (χ1) is 6.63. The first-order valence-electron chi connectivity index (χ1n) is 4.99. The molecule has 0 spiro atoms. The van der Waals surface area contributed by atoms with Crippen LogP contribution in [0.3, 0.4) is 0 Å². The molecule has 1 heterocycles. The Morgan fingerprint density at radius 3 is 2.93 bits per heavy atom. The lowest BCUT2D eigenvalue weighted by Gasteiger charge is -2.18. The van der Waals surface area contributed by atoms with Gasteiger partial charge in [-0.3, -0.25) is 4.90 Å². The molecule has 1 N–H and O–H groups in total. The zero-order valence-corrected chi connectivity index (χ0v) is 9.14. The first kappa shape index (κ1) is 11.2. The van der Waals surface area contributed by atoms with Gasteiger partial charge in [0.05, 0.1) is 18.1 Å². The van der Waals surface area contributed by atoms with Gasteiger partial charge in [0.15, 0.2) is 0 Å². The highest BCUT2D eigenvalue weighted by Gasteiger charge is 2.06. The molecule has 0 amide bonds. The van der Waals surface area contributed by atoms with Crippen LogP contribution in [0.25, 0.3) is 0 Å². The van der Waals surface area contributed by atoms with E-state index in [0.717, 1.165) is 13.1 Å². The van der Waals surface area contributed by atoms with E-state index in [4.69, 9.17) is 0 Å². The summed E-state index contributed by atoms with van der Waals surface area (Å²) < 4.78 is 2.11. The molecule has 0 aliphatic carbocycles. The lowest BCUT2D eigenvalue weighted by atomic mass is 10.3. The molecule has 0 aromatic carbocycles. The third-order valence-corrected chi connectivity index (χ3v) is 2.15. The number of likely N-dealkylation sites (N-methyl/N-ethyl adjacent to an activating group) is 1. The summed E-state index contributed by atoms with van der Waals surface area (Å²) in [5.41, 5.74) is 1.19. The largest absolute Gasteiger partial charge is 0.392 e. The zero-order valence-electron chi connectivity index (χ0n) is 9.14. The summed E-state index contributed by atoms with van der Waals surface area (Å²) in [5.74, 6) is 0. The Hall–Kier alpha value is -0.870. The van der Waals surface area contributed by atoms with Crippen LogP contribution in [0.4, 0.5) is 0 Å². The van der Waals surface area contributed by atoms with Crippen molar-refractivity contribution in [3.63, 3.8) is 0 Å². The van der Waals surface area contributed by atoms with Crippen molar-refractivity contribution < 1.29 is 5.11 Å². The van der Waals surface area contributed by atoms with Crippen LogP contribution in [0.1, 0.15) is 19.5 Å². The molecule has 0 aliphatic rings. The van der Waals surface area contributed by atoms with E-state index in [2.05, 4.69) is 21.4 Å². The molecule has 4 heteroatoms. The van der Waals surface area contributed by atoms with E-state index in [-0.39, 0.29) is 6.10 Å². The normalized spacial score (nSPS) is 13.5. The van der Waals surface area contributed by atoms with Crippen LogP contribution < -0.4 is 0 Å². The summed E-state index contributed by atoms with van der Waals surface area (Å²) in [6, 6.07) is 0. The maximum Gasteiger partial charge on any atom is 0.0948 e. The maximum absolute atomic E-state index is 9.21. The summed E-state index contributed by atoms with van der Waals surface area (Å²) in [6.45, 7) is 6.36. The molecule has 1 aromatic heterocycles.